The third-order valence-corrected chi connectivity index (χ3v) is 5.51. The van der Waals surface area contributed by atoms with Crippen LogP contribution in [0.15, 0.2) is 42.5 Å². The quantitative estimate of drug-likeness (QED) is 0.490. The molecule has 1 N–H and O–H groups in total. The normalized spacial score (nSPS) is 17.0. The molecule has 7 heteroatoms. The molecule has 0 aromatic heterocycles. The molecule has 2 rings (SSSR count). The van der Waals surface area contributed by atoms with Crippen LogP contribution in [0.25, 0.3) is 11.6 Å². The molecule has 1 aromatic carbocycles. The molecule has 1 aliphatic carbocycles. The van der Waals surface area contributed by atoms with Crippen molar-refractivity contribution in [2.24, 2.45) is 5.92 Å². The maximum absolute atomic E-state index is 12.9. The largest absolute Gasteiger partial charge is 0.392 e. The van der Waals surface area contributed by atoms with Crippen LogP contribution in [0.1, 0.15) is 42.4 Å². The second-order valence-corrected chi connectivity index (χ2v) is 7.86. The molecule has 1 aliphatic rings. The smallest absolute Gasteiger partial charge is 0.352 e. The Bertz CT molecular complexity index is 899. The minimum Gasteiger partial charge on any atom is -0.352 e. The number of nitrogens with one attached hydrogen (secondary N) is 1. The molecule has 0 radical (unpaired) electrons. The molecule has 168 valence electrons. The number of hydrogen-bond acceptors (Lipinski definition) is 2. The zero-order chi connectivity index (χ0) is 23.2. The first kappa shape index (κ1) is 24.4. The summed E-state index contributed by atoms with van der Waals surface area (Å²) in [6.45, 7) is 5.81. The fraction of sp³-hybridized carbons (Fsp3) is 0.417. The summed E-state index contributed by atoms with van der Waals surface area (Å²) < 4.78 is 38.8. The van der Waals surface area contributed by atoms with Gasteiger partial charge in [0.05, 0.1) is 5.92 Å². The lowest BCUT2D eigenvalue weighted by molar-refractivity contribution is -0.175. The lowest BCUT2D eigenvalue weighted by Crippen LogP contribution is -2.30. The number of benzene rings is 1. The Morgan fingerprint density at radius 1 is 1.29 bits per heavy atom. The van der Waals surface area contributed by atoms with Gasteiger partial charge in [-0.15, -0.1) is 0 Å². The van der Waals surface area contributed by atoms with E-state index in [1.165, 1.54) is 11.0 Å². The summed E-state index contributed by atoms with van der Waals surface area (Å²) in [5.74, 6) is -1.70. The van der Waals surface area contributed by atoms with E-state index in [1.807, 2.05) is 25.1 Å². The molecule has 0 saturated heterocycles. The van der Waals surface area contributed by atoms with Crippen molar-refractivity contribution in [1.29, 1.82) is 0 Å². The molecule has 0 heterocycles. The minimum atomic E-state index is -4.16. The monoisotopic (exact) mass is 434 g/mol. The number of halogens is 3. The van der Waals surface area contributed by atoms with E-state index in [0.717, 1.165) is 22.3 Å². The van der Waals surface area contributed by atoms with Crippen molar-refractivity contribution in [3.05, 3.63) is 59.2 Å². The fourth-order valence-electron chi connectivity index (χ4n) is 3.53. The van der Waals surface area contributed by atoms with Crippen LogP contribution in [0.4, 0.5) is 13.2 Å². The maximum atomic E-state index is 12.9. The van der Waals surface area contributed by atoms with Crippen LogP contribution in [0.3, 0.4) is 0 Å². The SMILES string of the molecule is C=C/C(=C\c1cccc(C2=CCC(C(F)(F)F)CC2)c1C)C(=O)NCCC(=O)N(C)C. The van der Waals surface area contributed by atoms with Gasteiger partial charge in [-0.1, -0.05) is 36.9 Å². The van der Waals surface area contributed by atoms with E-state index >= 15 is 0 Å². The number of nitrogens with zero attached hydrogens (tertiary/aromatic N) is 1. The van der Waals surface area contributed by atoms with Crippen LogP contribution in [-0.2, 0) is 9.59 Å². The highest BCUT2D eigenvalue weighted by Crippen LogP contribution is 2.40. The van der Waals surface area contributed by atoms with Gasteiger partial charge in [0.2, 0.25) is 5.91 Å². The summed E-state index contributed by atoms with van der Waals surface area (Å²) in [4.78, 5) is 25.6. The van der Waals surface area contributed by atoms with Gasteiger partial charge in [0.25, 0.3) is 5.91 Å². The number of carbonyl (C=O) groups is 2. The van der Waals surface area contributed by atoms with Crippen LogP contribution in [0.5, 0.6) is 0 Å². The lowest BCUT2D eigenvalue weighted by Gasteiger charge is -2.25. The summed E-state index contributed by atoms with van der Waals surface area (Å²) in [5, 5.41) is 2.71. The van der Waals surface area contributed by atoms with E-state index in [4.69, 9.17) is 0 Å². The Balaban J connectivity index is 2.17. The highest BCUT2D eigenvalue weighted by Gasteiger charge is 2.39. The Morgan fingerprint density at radius 2 is 2.00 bits per heavy atom. The Kier molecular flexibility index (Phi) is 8.25. The fourth-order valence-corrected chi connectivity index (χ4v) is 3.53. The molecule has 0 saturated carbocycles. The van der Waals surface area contributed by atoms with E-state index < -0.39 is 12.1 Å². The second kappa shape index (κ2) is 10.5. The van der Waals surface area contributed by atoms with Crippen molar-refractivity contribution < 1.29 is 22.8 Å². The number of alkyl halides is 3. The summed E-state index contributed by atoms with van der Waals surface area (Å²) in [7, 11) is 3.31. The molecular formula is C24H29F3N2O2. The third-order valence-electron chi connectivity index (χ3n) is 5.51. The Labute approximate surface area is 181 Å². The number of amides is 2. The van der Waals surface area contributed by atoms with Gasteiger partial charge in [-0.25, -0.2) is 0 Å². The first-order valence-electron chi connectivity index (χ1n) is 10.2. The maximum Gasteiger partial charge on any atom is 0.392 e. The van der Waals surface area contributed by atoms with Crippen molar-refractivity contribution in [2.75, 3.05) is 20.6 Å². The summed E-state index contributed by atoms with van der Waals surface area (Å²) in [6, 6.07) is 5.58. The Morgan fingerprint density at radius 3 is 2.55 bits per heavy atom. The number of rotatable bonds is 7. The molecule has 0 spiro atoms. The second-order valence-electron chi connectivity index (χ2n) is 7.86. The lowest BCUT2D eigenvalue weighted by atomic mass is 9.84. The van der Waals surface area contributed by atoms with Crippen molar-refractivity contribution in [3.8, 4) is 0 Å². The van der Waals surface area contributed by atoms with Gasteiger partial charge in [-0.3, -0.25) is 9.59 Å². The molecule has 2 amide bonds. The van der Waals surface area contributed by atoms with Gasteiger partial charge in [-0.2, -0.15) is 13.2 Å². The predicted octanol–water partition coefficient (Wildman–Crippen LogP) is 4.90. The van der Waals surface area contributed by atoms with Crippen molar-refractivity contribution in [2.45, 2.75) is 38.8 Å². The highest BCUT2D eigenvalue weighted by molar-refractivity contribution is 6.01. The topological polar surface area (TPSA) is 49.4 Å². The van der Waals surface area contributed by atoms with E-state index in [-0.39, 0.29) is 37.6 Å². The number of carbonyl (C=O) groups excluding carboxylic acids is 2. The molecule has 1 atom stereocenters. The molecule has 1 aromatic rings. The van der Waals surface area contributed by atoms with E-state index in [2.05, 4.69) is 11.9 Å². The zero-order valence-electron chi connectivity index (χ0n) is 18.2. The first-order chi connectivity index (χ1) is 14.5. The van der Waals surface area contributed by atoms with Crippen molar-refractivity contribution >= 4 is 23.5 Å². The third kappa shape index (κ3) is 6.57. The molecule has 4 nitrogen and oxygen atoms in total. The van der Waals surface area contributed by atoms with Gasteiger partial charge in [-0.05, 0) is 54.5 Å². The van der Waals surface area contributed by atoms with Crippen LogP contribution in [0, 0.1) is 12.8 Å². The van der Waals surface area contributed by atoms with Crippen LogP contribution >= 0.6 is 0 Å². The predicted molar refractivity (Wildman–Crippen MR) is 117 cm³/mol. The van der Waals surface area contributed by atoms with Crippen LogP contribution in [0.2, 0.25) is 0 Å². The minimum absolute atomic E-state index is 0.00960. The van der Waals surface area contributed by atoms with Crippen molar-refractivity contribution in [1.82, 2.24) is 10.2 Å². The standard InChI is InChI=1S/C24H29F3N2O2/c1-5-17(23(31)28-14-13-22(30)29(3)4)15-19-7-6-8-21(16(19)2)18-9-11-20(12-10-18)24(25,26)27/h5-9,15,20H,1,10-14H2,2-4H3,(H,28,31)/b17-15+. The molecule has 0 aliphatic heterocycles. The average molecular weight is 435 g/mol. The molecule has 1 unspecified atom stereocenters. The van der Waals surface area contributed by atoms with E-state index in [0.29, 0.717) is 12.0 Å². The zero-order valence-corrected chi connectivity index (χ0v) is 18.2. The van der Waals surface area contributed by atoms with Gasteiger partial charge in [0, 0.05) is 32.6 Å². The Hall–Kier alpha value is -2.83. The summed E-state index contributed by atoms with van der Waals surface area (Å²) >= 11 is 0. The summed E-state index contributed by atoms with van der Waals surface area (Å²) in [5.41, 5.74) is 3.85. The van der Waals surface area contributed by atoms with E-state index in [1.54, 1.807) is 26.2 Å². The van der Waals surface area contributed by atoms with Gasteiger partial charge < -0.3 is 10.2 Å². The average Bonchev–Trinajstić information content (AvgIpc) is 2.72. The molecule has 31 heavy (non-hydrogen) atoms. The summed E-state index contributed by atoms with van der Waals surface area (Å²) in [6.07, 6.45) is 1.31. The molecular weight excluding hydrogens is 405 g/mol. The highest BCUT2D eigenvalue weighted by atomic mass is 19.4. The van der Waals surface area contributed by atoms with Crippen LogP contribution < -0.4 is 5.32 Å². The first-order valence-corrected chi connectivity index (χ1v) is 10.2. The molecule has 0 fully saturated rings. The van der Waals surface area contributed by atoms with Gasteiger partial charge in [0.15, 0.2) is 0 Å². The number of allylic oxidation sites excluding steroid dienone is 2. The number of hydrogen-bond donors (Lipinski definition) is 1. The van der Waals surface area contributed by atoms with Gasteiger partial charge >= 0.3 is 6.18 Å². The molecule has 0 bridgehead atoms. The van der Waals surface area contributed by atoms with Crippen molar-refractivity contribution in [3.63, 3.8) is 0 Å². The van der Waals surface area contributed by atoms with Gasteiger partial charge in [0.1, 0.15) is 0 Å². The van der Waals surface area contributed by atoms with Crippen LogP contribution in [-0.4, -0.2) is 43.5 Å². The van der Waals surface area contributed by atoms with E-state index in [9.17, 15) is 22.8 Å².